The molecule has 2 aromatic carbocycles. The maximum Gasteiger partial charge on any atom is 0.407 e. The lowest BCUT2D eigenvalue weighted by molar-refractivity contribution is -0.147. The predicted molar refractivity (Wildman–Crippen MR) is 122 cm³/mol. The van der Waals surface area contributed by atoms with Crippen LogP contribution in [0.25, 0.3) is 11.1 Å². The zero-order valence-corrected chi connectivity index (χ0v) is 18.8. The first-order chi connectivity index (χ1) is 15.7. The Morgan fingerprint density at radius 2 is 1.64 bits per heavy atom. The first kappa shape index (κ1) is 21.5. The summed E-state index contributed by atoms with van der Waals surface area (Å²) in [5.74, 6) is -1.15. The molecule has 2 aromatic rings. The van der Waals surface area contributed by atoms with Crippen molar-refractivity contribution in [2.75, 3.05) is 6.61 Å². The summed E-state index contributed by atoms with van der Waals surface area (Å²) in [7, 11) is 0. The summed E-state index contributed by atoms with van der Waals surface area (Å²) in [5, 5.41) is 14.9. The standard InChI is InChI=1S/C26H28N2O5/c1-25(2,23(30)31)28-22(29)26-12-15(26)11-16(13-26)27-24(32)33-14-21-19-9-5-3-7-17(19)18-8-4-6-10-20(18)21/h3-10,15-16,21H,11-14H2,1-2H3,(H,27,32)(H,28,29)(H,30,31). The van der Waals surface area contributed by atoms with Crippen LogP contribution in [0, 0.1) is 11.3 Å². The predicted octanol–water partition coefficient (Wildman–Crippen LogP) is 3.67. The number of carbonyl (C=O) groups excluding carboxylic acids is 2. The average molecular weight is 449 g/mol. The van der Waals surface area contributed by atoms with Crippen LogP contribution in [-0.2, 0) is 14.3 Å². The van der Waals surface area contributed by atoms with Gasteiger partial charge in [0.25, 0.3) is 0 Å². The van der Waals surface area contributed by atoms with E-state index in [9.17, 15) is 19.5 Å². The monoisotopic (exact) mass is 448 g/mol. The van der Waals surface area contributed by atoms with Crippen molar-refractivity contribution in [3.8, 4) is 11.1 Å². The number of fused-ring (bicyclic) bond motifs is 4. The third-order valence-electron chi connectivity index (χ3n) is 7.49. The zero-order chi connectivity index (χ0) is 23.4. The van der Waals surface area contributed by atoms with E-state index in [1.807, 2.05) is 24.3 Å². The Labute approximate surface area is 192 Å². The number of aliphatic carboxylic acids is 1. The Hall–Kier alpha value is -3.35. The van der Waals surface area contributed by atoms with Crippen LogP contribution in [0.3, 0.4) is 0 Å². The van der Waals surface area contributed by atoms with E-state index in [0.29, 0.717) is 12.8 Å². The summed E-state index contributed by atoms with van der Waals surface area (Å²) in [6, 6.07) is 16.2. The number of amides is 2. The molecule has 2 amide bonds. The van der Waals surface area contributed by atoms with Gasteiger partial charge in [0.15, 0.2) is 0 Å². The fourth-order valence-electron chi connectivity index (χ4n) is 5.56. The number of hydrogen-bond acceptors (Lipinski definition) is 4. The molecule has 0 heterocycles. The highest BCUT2D eigenvalue weighted by molar-refractivity contribution is 5.92. The second kappa shape index (κ2) is 7.61. The Morgan fingerprint density at radius 1 is 1.03 bits per heavy atom. The van der Waals surface area contributed by atoms with Crippen LogP contribution >= 0.6 is 0 Å². The minimum Gasteiger partial charge on any atom is -0.480 e. The number of hydrogen-bond donors (Lipinski definition) is 3. The molecule has 3 aliphatic rings. The summed E-state index contributed by atoms with van der Waals surface area (Å²) < 4.78 is 5.63. The molecule has 0 saturated heterocycles. The highest BCUT2D eigenvalue weighted by Gasteiger charge is 2.65. The van der Waals surface area contributed by atoms with E-state index in [0.717, 1.165) is 17.5 Å². The molecular formula is C26H28N2O5. The molecule has 0 bridgehead atoms. The lowest BCUT2D eigenvalue weighted by Crippen LogP contribution is -2.52. The Bertz CT molecular complexity index is 1100. The van der Waals surface area contributed by atoms with E-state index in [2.05, 4.69) is 34.9 Å². The van der Waals surface area contributed by atoms with Crippen LogP contribution in [0.2, 0.25) is 0 Å². The molecule has 3 aliphatic carbocycles. The zero-order valence-electron chi connectivity index (χ0n) is 18.8. The van der Waals surface area contributed by atoms with Gasteiger partial charge in [0.1, 0.15) is 12.1 Å². The maximum atomic E-state index is 12.8. The molecule has 0 radical (unpaired) electrons. The molecule has 3 atom stereocenters. The fourth-order valence-corrected chi connectivity index (χ4v) is 5.56. The molecule has 172 valence electrons. The molecule has 33 heavy (non-hydrogen) atoms. The lowest BCUT2D eigenvalue weighted by Gasteiger charge is -2.25. The van der Waals surface area contributed by atoms with E-state index < -0.39 is 23.0 Å². The Kier molecular flexibility index (Phi) is 4.96. The third kappa shape index (κ3) is 3.65. The van der Waals surface area contributed by atoms with Gasteiger partial charge in [0.05, 0.1) is 5.41 Å². The molecule has 2 fully saturated rings. The van der Waals surface area contributed by atoms with Crippen LogP contribution < -0.4 is 10.6 Å². The molecular weight excluding hydrogens is 420 g/mol. The van der Waals surface area contributed by atoms with Crippen LogP contribution in [0.4, 0.5) is 4.79 Å². The van der Waals surface area contributed by atoms with Gasteiger partial charge in [-0.2, -0.15) is 0 Å². The van der Waals surface area contributed by atoms with Crippen LogP contribution in [0.15, 0.2) is 48.5 Å². The van der Waals surface area contributed by atoms with E-state index in [1.165, 1.54) is 25.0 Å². The normalized spacial score (nSPS) is 24.9. The molecule has 3 unspecified atom stereocenters. The number of alkyl carbamates (subject to hydrolysis) is 1. The van der Waals surface area contributed by atoms with Crippen molar-refractivity contribution in [3.63, 3.8) is 0 Å². The van der Waals surface area contributed by atoms with Gasteiger partial charge in [-0.05, 0) is 61.3 Å². The largest absolute Gasteiger partial charge is 0.480 e. The number of ether oxygens (including phenoxy) is 1. The maximum absolute atomic E-state index is 12.8. The minimum atomic E-state index is -1.32. The summed E-state index contributed by atoms with van der Waals surface area (Å²) in [6.45, 7) is 3.19. The van der Waals surface area contributed by atoms with E-state index in [-0.39, 0.29) is 30.4 Å². The van der Waals surface area contributed by atoms with Gasteiger partial charge in [-0.15, -0.1) is 0 Å². The molecule has 2 saturated carbocycles. The molecule has 7 heteroatoms. The highest BCUT2D eigenvalue weighted by Crippen LogP contribution is 2.63. The fraction of sp³-hybridized carbons (Fsp3) is 0.423. The average Bonchev–Trinajstić information content (AvgIpc) is 3.20. The second-order valence-corrected chi connectivity index (χ2v) is 10.0. The SMILES string of the molecule is CC(C)(NC(=O)C12CC(NC(=O)OCC3c4ccccc4-c4ccccc43)CC1C2)C(=O)O. The van der Waals surface area contributed by atoms with Crippen LogP contribution in [-0.4, -0.2) is 41.3 Å². The third-order valence-corrected chi connectivity index (χ3v) is 7.49. The Balaban J connectivity index is 1.18. The van der Waals surface area contributed by atoms with Crippen molar-refractivity contribution >= 4 is 18.0 Å². The van der Waals surface area contributed by atoms with Gasteiger partial charge < -0.3 is 20.5 Å². The quantitative estimate of drug-likeness (QED) is 0.625. The van der Waals surface area contributed by atoms with Crippen molar-refractivity contribution in [1.29, 1.82) is 0 Å². The number of benzene rings is 2. The smallest absolute Gasteiger partial charge is 0.407 e. The van der Waals surface area contributed by atoms with Gasteiger partial charge in [-0.25, -0.2) is 9.59 Å². The highest BCUT2D eigenvalue weighted by atomic mass is 16.5. The number of carboxylic acids is 1. The topological polar surface area (TPSA) is 105 Å². The number of carbonyl (C=O) groups is 3. The van der Waals surface area contributed by atoms with E-state index in [4.69, 9.17) is 4.74 Å². The summed E-state index contributed by atoms with van der Waals surface area (Å²) in [6.07, 6.45) is 1.45. The van der Waals surface area contributed by atoms with Crippen LogP contribution in [0.1, 0.15) is 50.2 Å². The van der Waals surface area contributed by atoms with E-state index in [1.54, 1.807) is 0 Å². The molecule has 7 nitrogen and oxygen atoms in total. The number of rotatable bonds is 6. The molecule has 0 aliphatic heterocycles. The van der Waals surface area contributed by atoms with Gasteiger partial charge in [0.2, 0.25) is 5.91 Å². The van der Waals surface area contributed by atoms with Gasteiger partial charge in [-0.1, -0.05) is 48.5 Å². The number of carboxylic acid groups (broad SMARTS) is 1. The van der Waals surface area contributed by atoms with Crippen molar-refractivity contribution in [2.45, 2.75) is 50.6 Å². The minimum absolute atomic E-state index is 0.00417. The summed E-state index contributed by atoms with van der Waals surface area (Å²) >= 11 is 0. The second-order valence-electron chi connectivity index (χ2n) is 10.0. The molecule has 5 rings (SSSR count). The van der Waals surface area contributed by atoms with Crippen molar-refractivity contribution in [2.24, 2.45) is 11.3 Å². The van der Waals surface area contributed by atoms with Gasteiger partial charge in [-0.3, -0.25) is 4.79 Å². The Morgan fingerprint density at radius 3 is 2.24 bits per heavy atom. The van der Waals surface area contributed by atoms with Crippen LogP contribution in [0.5, 0.6) is 0 Å². The molecule has 0 spiro atoms. The van der Waals surface area contributed by atoms with Gasteiger partial charge in [0, 0.05) is 12.0 Å². The van der Waals surface area contributed by atoms with Crippen molar-refractivity contribution < 1.29 is 24.2 Å². The van der Waals surface area contributed by atoms with E-state index >= 15 is 0 Å². The lowest BCUT2D eigenvalue weighted by atomic mass is 9.98. The molecule has 0 aromatic heterocycles. The summed E-state index contributed by atoms with van der Waals surface area (Å²) in [4.78, 5) is 36.7. The van der Waals surface area contributed by atoms with Crippen molar-refractivity contribution in [3.05, 3.63) is 59.7 Å². The first-order valence-electron chi connectivity index (χ1n) is 11.4. The van der Waals surface area contributed by atoms with Crippen molar-refractivity contribution in [1.82, 2.24) is 10.6 Å². The molecule has 3 N–H and O–H groups in total. The van der Waals surface area contributed by atoms with Gasteiger partial charge >= 0.3 is 12.1 Å². The first-order valence-corrected chi connectivity index (χ1v) is 11.4. The summed E-state index contributed by atoms with van der Waals surface area (Å²) in [5.41, 5.74) is 2.77. The number of nitrogens with one attached hydrogen (secondary N) is 2.